The second-order valence-corrected chi connectivity index (χ2v) is 9.37. The van der Waals surface area contributed by atoms with Crippen LogP contribution in [0.25, 0.3) is 11.3 Å². The Morgan fingerprint density at radius 3 is 2.16 bits per heavy atom. The summed E-state index contributed by atoms with van der Waals surface area (Å²) in [4.78, 5) is 7.78. The van der Waals surface area contributed by atoms with Gasteiger partial charge in [-0.05, 0) is 73.3 Å². The zero-order chi connectivity index (χ0) is 22.3. The summed E-state index contributed by atoms with van der Waals surface area (Å²) >= 11 is 0. The van der Waals surface area contributed by atoms with Crippen LogP contribution in [0.15, 0.2) is 60.7 Å². The van der Waals surface area contributed by atoms with Gasteiger partial charge in [0.1, 0.15) is 0 Å². The molecule has 0 radical (unpaired) electrons. The van der Waals surface area contributed by atoms with Crippen molar-refractivity contribution in [1.29, 1.82) is 0 Å². The molecule has 0 spiro atoms. The first-order valence-corrected chi connectivity index (χ1v) is 12.5. The Kier molecular flexibility index (Phi) is 7.76. The maximum Gasteiger partial charge on any atom is 0.0710 e. The smallest absolute Gasteiger partial charge is 0.0710 e. The molecule has 2 heteroatoms. The zero-order valence-electron chi connectivity index (χ0n) is 20.1. The highest BCUT2D eigenvalue weighted by Gasteiger charge is 2.21. The number of hydrogen-bond donors (Lipinski definition) is 0. The molecule has 1 aliphatic rings. The van der Waals surface area contributed by atoms with Gasteiger partial charge >= 0.3 is 0 Å². The molecule has 1 fully saturated rings. The minimum absolute atomic E-state index is 0.877. The van der Waals surface area contributed by atoms with Gasteiger partial charge in [-0.3, -0.25) is 9.88 Å². The Labute approximate surface area is 194 Å². The monoisotopic (exact) mass is 426 g/mol. The summed E-state index contributed by atoms with van der Waals surface area (Å²) in [5.41, 5.74) is 9.26. The van der Waals surface area contributed by atoms with Gasteiger partial charge in [-0.15, -0.1) is 0 Å². The number of rotatable bonds is 10. The fourth-order valence-corrected chi connectivity index (χ4v) is 4.92. The Hall–Kier alpha value is -2.45. The van der Waals surface area contributed by atoms with Gasteiger partial charge in [-0.1, -0.05) is 74.9 Å². The number of aryl methyl sites for hydroxylation is 3. The van der Waals surface area contributed by atoms with Crippen LogP contribution in [-0.4, -0.2) is 23.0 Å². The van der Waals surface area contributed by atoms with Crippen LogP contribution in [0.4, 0.5) is 0 Å². The molecule has 0 aliphatic heterocycles. The van der Waals surface area contributed by atoms with E-state index in [1.54, 1.807) is 0 Å². The van der Waals surface area contributed by atoms with Gasteiger partial charge in [0.25, 0.3) is 0 Å². The summed E-state index contributed by atoms with van der Waals surface area (Å²) in [7, 11) is 0. The average molecular weight is 427 g/mol. The standard InChI is InChI=1S/C30H38N2/c1-4-26-15-10-16-27(5-2)30(26)29-18-17-28(23(3)31-29)22-32(21-25-13-9-14-25)20-19-24-11-7-6-8-12-24/h6-8,10-12,15-18,25H,4-5,9,13-14,19-22H2,1-3H3. The van der Waals surface area contributed by atoms with Gasteiger partial charge in [0, 0.05) is 30.9 Å². The molecule has 1 aliphatic carbocycles. The Bertz CT molecular complexity index is 982. The molecule has 0 saturated heterocycles. The summed E-state index contributed by atoms with van der Waals surface area (Å²) in [5.74, 6) is 0.877. The molecule has 3 aromatic rings. The molecule has 1 heterocycles. The van der Waals surface area contributed by atoms with Crippen LogP contribution in [0.5, 0.6) is 0 Å². The largest absolute Gasteiger partial charge is 0.298 e. The van der Waals surface area contributed by atoms with E-state index in [9.17, 15) is 0 Å². The summed E-state index contributed by atoms with van der Waals surface area (Å²) in [5, 5.41) is 0. The lowest BCUT2D eigenvalue weighted by atomic mass is 9.85. The second kappa shape index (κ2) is 10.9. The normalized spacial score (nSPS) is 14.0. The molecular weight excluding hydrogens is 388 g/mol. The van der Waals surface area contributed by atoms with Gasteiger partial charge in [0.15, 0.2) is 0 Å². The van der Waals surface area contributed by atoms with Crippen LogP contribution in [-0.2, 0) is 25.8 Å². The number of hydrogen-bond acceptors (Lipinski definition) is 2. The molecule has 32 heavy (non-hydrogen) atoms. The quantitative estimate of drug-likeness (QED) is 0.346. The molecule has 2 nitrogen and oxygen atoms in total. The SMILES string of the molecule is CCc1cccc(CC)c1-c1ccc(CN(CCc2ccccc2)CC2CCC2)c(C)n1. The van der Waals surface area contributed by atoms with E-state index in [1.165, 1.54) is 59.3 Å². The van der Waals surface area contributed by atoms with Crippen molar-refractivity contribution in [1.82, 2.24) is 9.88 Å². The second-order valence-electron chi connectivity index (χ2n) is 9.37. The molecule has 0 N–H and O–H groups in total. The molecule has 2 aromatic carbocycles. The Balaban J connectivity index is 1.53. The number of benzene rings is 2. The number of nitrogens with zero attached hydrogens (tertiary/aromatic N) is 2. The third-order valence-corrected chi connectivity index (χ3v) is 7.14. The lowest BCUT2D eigenvalue weighted by molar-refractivity contribution is 0.172. The minimum Gasteiger partial charge on any atom is -0.298 e. The van der Waals surface area contributed by atoms with Gasteiger partial charge in [0.05, 0.1) is 5.69 Å². The zero-order valence-corrected chi connectivity index (χ0v) is 20.1. The first-order chi connectivity index (χ1) is 15.7. The van der Waals surface area contributed by atoms with Crippen molar-refractivity contribution in [3.05, 3.63) is 88.6 Å². The molecule has 4 rings (SSSR count). The van der Waals surface area contributed by atoms with Crippen molar-refractivity contribution in [2.45, 2.75) is 65.8 Å². The highest BCUT2D eigenvalue weighted by Crippen LogP contribution is 2.30. The summed E-state index contributed by atoms with van der Waals surface area (Å²) in [6.07, 6.45) is 7.39. The molecule has 0 atom stereocenters. The van der Waals surface area contributed by atoms with Crippen molar-refractivity contribution in [3.63, 3.8) is 0 Å². The van der Waals surface area contributed by atoms with Crippen molar-refractivity contribution in [3.8, 4) is 11.3 Å². The third kappa shape index (κ3) is 5.48. The molecule has 1 saturated carbocycles. The van der Waals surface area contributed by atoms with Gasteiger partial charge in [-0.2, -0.15) is 0 Å². The van der Waals surface area contributed by atoms with Crippen molar-refractivity contribution in [2.75, 3.05) is 13.1 Å². The Morgan fingerprint density at radius 1 is 0.844 bits per heavy atom. The Morgan fingerprint density at radius 2 is 1.56 bits per heavy atom. The van der Waals surface area contributed by atoms with E-state index >= 15 is 0 Å². The van der Waals surface area contributed by atoms with Crippen LogP contribution >= 0.6 is 0 Å². The summed E-state index contributed by atoms with van der Waals surface area (Å²) in [6, 6.07) is 22.2. The predicted octanol–water partition coefficient (Wildman–Crippen LogP) is 7.03. The lowest BCUT2D eigenvalue weighted by Crippen LogP contribution is -2.34. The highest BCUT2D eigenvalue weighted by atomic mass is 15.1. The third-order valence-electron chi connectivity index (χ3n) is 7.14. The fourth-order valence-electron chi connectivity index (χ4n) is 4.92. The topological polar surface area (TPSA) is 16.1 Å². The first-order valence-electron chi connectivity index (χ1n) is 12.5. The molecular formula is C30H38N2. The van der Waals surface area contributed by atoms with Crippen molar-refractivity contribution < 1.29 is 0 Å². The molecule has 1 aromatic heterocycles. The highest BCUT2D eigenvalue weighted by molar-refractivity contribution is 5.68. The first kappa shape index (κ1) is 22.7. The van der Waals surface area contributed by atoms with Gasteiger partial charge < -0.3 is 0 Å². The van der Waals surface area contributed by atoms with E-state index in [-0.39, 0.29) is 0 Å². The summed E-state index contributed by atoms with van der Waals surface area (Å²) < 4.78 is 0. The van der Waals surface area contributed by atoms with E-state index < -0.39 is 0 Å². The van der Waals surface area contributed by atoms with Crippen molar-refractivity contribution in [2.24, 2.45) is 5.92 Å². The van der Waals surface area contributed by atoms with Gasteiger partial charge in [0.2, 0.25) is 0 Å². The number of aromatic nitrogens is 1. The van der Waals surface area contributed by atoms with Gasteiger partial charge in [-0.25, -0.2) is 0 Å². The van der Waals surface area contributed by atoms with E-state index in [1.807, 2.05) is 0 Å². The maximum atomic E-state index is 5.12. The molecule has 168 valence electrons. The van der Waals surface area contributed by atoms with Crippen LogP contribution in [0.2, 0.25) is 0 Å². The molecule has 0 bridgehead atoms. The van der Waals surface area contributed by atoms with Crippen LogP contribution in [0, 0.1) is 12.8 Å². The van der Waals surface area contributed by atoms with Crippen molar-refractivity contribution >= 4 is 0 Å². The van der Waals surface area contributed by atoms with E-state index in [0.29, 0.717) is 0 Å². The van der Waals surface area contributed by atoms with E-state index in [0.717, 1.165) is 44.0 Å². The van der Waals surface area contributed by atoms with Crippen LogP contribution in [0.1, 0.15) is 61.1 Å². The fraction of sp³-hybridized carbons (Fsp3) is 0.433. The summed E-state index contributed by atoms with van der Waals surface area (Å²) in [6.45, 7) is 10.00. The van der Waals surface area contributed by atoms with E-state index in [4.69, 9.17) is 4.98 Å². The number of pyridine rings is 1. The molecule has 0 amide bonds. The van der Waals surface area contributed by atoms with Crippen LogP contribution < -0.4 is 0 Å². The van der Waals surface area contributed by atoms with Crippen LogP contribution in [0.3, 0.4) is 0 Å². The minimum atomic E-state index is 0.877. The van der Waals surface area contributed by atoms with E-state index in [2.05, 4.69) is 86.3 Å². The average Bonchev–Trinajstić information content (AvgIpc) is 2.80. The maximum absolute atomic E-state index is 5.12. The molecule has 0 unspecified atom stereocenters. The lowest BCUT2D eigenvalue weighted by Gasteiger charge is -2.32. The predicted molar refractivity (Wildman–Crippen MR) is 136 cm³/mol.